The lowest BCUT2D eigenvalue weighted by atomic mass is 10.2. The van der Waals surface area contributed by atoms with E-state index >= 15 is 0 Å². The molecular formula is C18H20ClN3O. The summed E-state index contributed by atoms with van der Waals surface area (Å²) < 4.78 is 0. The SMILES string of the molecule is O=C(NCc1ccc(N2CCCC2)cc1)Nc1ccc(Cl)cc1. The van der Waals surface area contributed by atoms with E-state index in [1.165, 1.54) is 18.5 Å². The molecular weight excluding hydrogens is 310 g/mol. The topological polar surface area (TPSA) is 44.4 Å². The van der Waals surface area contributed by atoms with E-state index in [1.54, 1.807) is 24.3 Å². The molecule has 0 radical (unpaired) electrons. The number of halogens is 1. The zero-order valence-corrected chi connectivity index (χ0v) is 13.6. The molecule has 0 atom stereocenters. The molecule has 4 nitrogen and oxygen atoms in total. The largest absolute Gasteiger partial charge is 0.372 e. The van der Waals surface area contributed by atoms with Crippen LogP contribution in [0.1, 0.15) is 18.4 Å². The van der Waals surface area contributed by atoms with E-state index < -0.39 is 0 Å². The van der Waals surface area contributed by atoms with Gasteiger partial charge in [0.05, 0.1) is 0 Å². The molecule has 0 saturated carbocycles. The fourth-order valence-corrected chi connectivity index (χ4v) is 2.82. The Morgan fingerprint density at radius 2 is 1.65 bits per heavy atom. The van der Waals surface area contributed by atoms with E-state index in [0.29, 0.717) is 11.6 Å². The number of nitrogens with one attached hydrogen (secondary N) is 2. The number of carbonyl (C=O) groups excluding carboxylic acids is 1. The van der Waals surface area contributed by atoms with Crippen LogP contribution in [-0.2, 0) is 6.54 Å². The van der Waals surface area contributed by atoms with Gasteiger partial charge in [-0.05, 0) is 54.8 Å². The molecule has 2 amide bonds. The Balaban J connectivity index is 1.49. The van der Waals surface area contributed by atoms with Gasteiger partial charge >= 0.3 is 6.03 Å². The first kappa shape index (κ1) is 15.7. The van der Waals surface area contributed by atoms with E-state index in [4.69, 9.17) is 11.6 Å². The minimum absolute atomic E-state index is 0.226. The van der Waals surface area contributed by atoms with Crippen LogP contribution < -0.4 is 15.5 Å². The molecule has 120 valence electrons. The highest BCUT2D eigenvalue weighted by Gasteiger charge is 2.11. The van der Waals surface area contributed by atoms with Crippen molar-refractivity contribution in [2.24, 2.45) is 0 Å². The van der Waals surface area contributed by atoms with Crippen LogP contribution in [0.15, 0.2) is 48.5 Å². The quantitative estimate of drug-likeness (QED) is 0.880. The normalized spacial score (nSPS) is 13.9. The second-order valence-corrected chi connectivity index (χ2v) is 6.11. The summed E-state index contributed by atoms with van der Waals surface area (Å²) in [5, 5.41) is 6.28. The Hall–Kier alpha value is -2.20. The molecule has 2 aromatic carbocycles. The van der Waals surface area contributed by atoms with Crippen LogP contribution in [0.4, 0.5) is 16.2 Å². The van der Waals surface area contributed by atoms with Crippen molar-refractivity contribution in [3.63, 3.8) is 0 Å². The molecule has 5 heteroatoms. The van der Waals surface area contributed by atoms with Crippen molar-refractivity contribution in [2.75, 3.05) is 23.3 Å². The lowest BCUT2D eigenvalue weighted by Crippen LogP contribution is -2.28. The number of hydrogen-bond donors (Lipinski definition) is 2. The Morgan fingerprint density at radius 3 is 2.30 bits per heavy atom. The predicted molar refractivity (Wildman–Crippen MR) is 95.2 cm³/mol. The molecule has 0 spiro atoms. The van der Waals surface area contributed by atoms with Gasteiger partial charge in [-0.25, -0.2) is 4.79 Å². The molecule has 1 aliphatic rings. The summed E-state index contributed by atoms with van der Waals surface area (Å²) in [5.74, 6) is 0. The van der Waals surface area contributed by atoms with E-state index in [1.807, 2.05) is 0 Å². The maximum Gasteiger partial charge on any atom is 0.319 e. The van der Waals surface area contributed by atoms with Crippen LogP contribution in [0.3, 0.4) is 0 Å². The van der Waals surface area contributed by atoms with Crippen molar-refractivity contribution in [1.29, 1.82) is 0 Å². The molecule has 1 fully saturated rings. The highest BCUT2D eigenvalue weighted by molar-refractivity contribution is 6.30. The zero-order valence-electron chi connectivity index (χ0n) is 12.9. The highest BCUT2D eigenvalue weighted by atomic mass is 35.5. The van der Waals surface area contributed by atoms with Gasteiger partial charge in [-0.15, -0.1) is 0 Å². The molecule has 2 aromatic rings. The fraction of sp³-hybridized carbons (Fsp3) is 0.278. The number of urea groups is 1. The third-order valence-electron chi connectivity index (χ3n) is 3.96. The number of hydrogen-bond acceptors (Lipinski definition) is 2. The van der Waals surface area contributed by atoms with Crippen LogP contribution in [-0.4, -0.2) is 19.1 Å². The number of benzene rings is 2. The maximum atomic E-state index is 11.9. The Morgan fingerprint density at radius 1 is 1.00 bits per heavy atom. The summed E-state index contributed by atoms with van der Waals surface area (Å²) in [4.78, 5) is 14.3. The average Bonchev–Trinajstić information content (AvgIpc) is 3.10. The molecule has 0 aliphatic carbocycles. The summed E-state index contributed by atoms with van der Waals surface area (Å²) in [6.07, 6.45) is 2.54. The first-order valence-electron chi connectivity index (χ1n) is 7.85. The van der Waals surface area contributed by atoms with Crippen molar-refractivity contribution in [3.8, 4) is 0 Å². The summed E-state index contributed by atoms with van der Waals surface area (Å²) in [6.45, 7) is 2.78. The van der Waals surface area contributed by atoms with E-state index in [9.17, 15) is 4.79 Å². The van der Waals surface area contributed by atoms with Crippen LogP contribution in [0, 0.1) is 0 Å². The monoisotopic (exact) mass is 329 g/mol. The highest BCUT2D eigenvalue weighted by Crippen LogP contribution is 2.20. The molecule has 0 unspecified atom stereocenters. The third kappa shape index (κ3) is 4.39. The smallest absolute Gasteiger partial charge is 0.319 e. The molecule has 0 bridgehead atoms. The minimum Gasteiger partial charge on any atom is -0.372 e. The Kier molecular flexibility index (Phi) is 5.03. The molecule has 1 saturated heterocycles. The zero-order chi connectivity index (χ0) is 16.1. The summed E-state index contributed by atoms with van der Waals surface area (Å²) in [7, 11) is 0. The number of carbonyl (C=O) groups is 1. The molecule has 0 aromatic heterocycles. The van der Waals surface area contributed by atoms with Crippen LogP contribution in [0.25, 0.3) is 0 Å². The number of anilines is 2. The van der Waals surface area contributed by atoms with Gasteiger partial charge in [0.2, 0.25) is 0 Å². The van der Waals surface area contributed by atoms with Crippen molar-refractivity contribution in [3.05, 3.63) is 59.1 Å². The van der Waals surface area contributed by atoms with Gasteiger partial charge in [-0.1, -0.05) is 23.7 Å². The maximum absolute atomic E-state index is 11.9. The standard InChI is InChI=1S/C18H20ClN3O/c19-15-5-7-16(8-6-15)21-18(23)20-13-14-3-9-17(10-4-14)22-11-1-2-12-22/h3-10H,1-2,11-13H2,(H2,20,21,23). The minimum atomic E-state index is -0.226. The first-order valence-corrected chi connectivity index (χ1v) is 8.23. The summed E-state index contributed by atoms with van der Waals surface area (Å²) in [6, 6.07) is 15.2. The molecule has 23 heavy (non-hydrogen) atoms. The average molecular weight is 330 g/mol. The molecule has 3 rings (SSSR count). The molecule has 1 heterocycles. The second-order valence-electron chi connectivity index (χ2n) is 5.68. The lowest BCUT2D eigenvalue weighted by molar-refractivity contribution is 0.251. The molecule has 1 aliphatic heterocycles. The van der Waals surface area contributed by atoms with Gasteiger partial charge in [0.1, 0.15) is 0 Å². The van der Waals surface area contributed by atoms with Gasteiger partial charge < -0.3 is 15.5 Å². The third-order valence-corrected chi connectivity index (χ3v) is 4.21. The van der Waals surface area contributed by atoms with Crippen molar-refractivity contribution >= 4 is 29.0 Å². The number of nitrogens with zero attached hydrogens (tertiary/aromatic N) is 1. The van der Waals surface area contributed by atoms with Crippen molar-refractivity contribution in [1.82, 2.24) is 5.32 Å². The van der Waals surface area contributed by atoms with Crippen LogP contribution >= 0.6 is 11.6 Å². The van der Waals surface area contributed by atoms with Gasteiger partial charge in [-0.3, -0.25) is 0 Å². The summed E-state index contributed by atoms with van der Waals surface area (Å²) in [5.41, 5.74) is 3.06. The van der Waals surface area contributed by atoms with E-state index in [0.717, 1.165) is 24.3 Å². The fourth-order valence-electron chi connectivity index (χ4n) is 2.69. The molecule has 2 N–H and O–H groups in total. The second kappa shape index (κ2) is 7.38. The van der Waals surface area contributed by atoms with Gasteiger partial charge in [0.25, 0.3) is 0 Å². The van der Waals surface area contributed by atoms with Crippen molar-refractivity contribution in [2.45, 2.75) is 19.4 Å². The summed E-state index contributed by atoms with van der Waals surface area (Å²) >= 11 is 5.82. The Labute approximate surface area is 141 Å². The van der Waals surface area contributed by atoms with Crippen LogP contribution in [0.5, 0.6) is 0 Å². The first-order chi connectivity index (χ1) is 11.2. The Bertz CT molecular complexity index is 649. The van der Waals surface area contributed by atoms with Crippen molar-refractivity contribution < 1.29 is 4.79 Å². The number of amides is 2. The van der Waals surface area contributed by atoms with E-state index in [2.05, 4.69) is 39.8 Å². The number of rotatable bonds is 4. The lowest BCUT2D eigenvalue weighted by Gasteiger charge is -2.17. The predicted octanol–water partition coefficient (Wildman–Crippen LogP) is 4.26. The van der Waals surface area contributed by atoms with Gasteiger partial charge in [0.15, 0.2) is 0 Å². The van der Waals surface area contributed by atoms with Crippen LogP contribution in [0.2, 0.25) is 5.02 Å². The van der Waals surface area contributed by atoms with E-state index in [-0.39, 0.29) is 6.03 Å². The van der Waals surface area contributed by atoms with Gasteiger partial charge in [-0.2, -0.15) is 0 Å². The van der Waals surface area contributed by atoms with Gasteiger partial charge in [0, 0.05) is 36.0 Å².